The molecule has 47 valence electrons. The van der Waals surface area contributed by atoms with Gasteiger partial charge in [-0.1, -0.05) is 12.2 Å². The summed E-state index contributed by atoms with van der Waals surface area (Å²) in [6.45, 7) is 3.60. The van der Waals surface area contributed by atoms with E-state index in [4.69, 9.17) is 0 Å². The van der Waals surface area contributed by atoms with Gasteiger partial charge in [0.15, 0.2) is 0 Å². The quantitative estimate of drug-likeness (QED) is 0.526. The molecule has 0 bridgehead atoms. The molecule has 0 saturated heterocycles. The highest BCUT2D eigenvalue weighted by molar-refractivity contribution is 5.72. The van der Waals surface area contributed by atoms with E-state index in [0.717, 1.165) is 6.42 Å². The van der Waals surface area contributed by atoms with Crippen LogP contribution < -0.4 is 0 Å². The molecule has 0 aromatic carbocycles. The van der Waals surface area contributed by atoms with E-state index < -0.39 is 0 Å². The molecule has 1 rings (SSSR count). The molecule has 0 aliphatic carbocycles. The van der Waals surface area contributed by atoms with Crippen LogP contribution in [0.1, 0.15) is 6.42 Å². The van der Waals surface area contributed by atoms with E-state index in [2.05, 4.69) is 17.6 Å². The Balaban J connectivity index is 2.36. The summed E-state index contributed by atoms with van der Waals surface area (Å²) in [6, 6.07) is 0.340. The first-order chi connectivity index (χ1) is 4.43. The Labute approximate surface area is 55.8 Å². The van der Waals surface area contributed by atoms with Gasteiger partial charge in [-0.2, -0.15) is 0 Å². The molecule has 0 amide bonds. The van der Waals surface area contributed by atoms with Crippen LogP contribution in [0.2, 0.25) is 0 Å². The molecule has 1 aliphatic rings. The molecule has 1 aliphatic heterocycles. The van der Waals surface area contributed by atoms with Gasteiger partial charge in [0.1, 0.15) is 0 Å². The largest absolute Gasteiger partial charge is 0.289 e. The number of hydrogen-bond donors (Lipinski definition) is 0. The molecule has 9 heavy (non-hydrogen) atoms. The lowest BCUT2D eigenvalue weighted by Crippen LogP contribution is -2.04. The first kappa shape index (κ1) is 6.27. The first-order valence-corrected chi connectivity index (χ1v) is 3.07. The van der Waals surface area contributed by atoms with Crippen molar-refractivity contribution in [1.82, 2.24) is 0 Å². The Morgan fingerprint density at radius 3 is 3.11 bits per heavy atom. The third-order valence-electron chi connectivity index (χ3n) is 1.24. The first-order valence-electron chi connectivity index (χ1n) is 3.07. The smallest absolute Gasteiger partial charge is 0.0602 e. The zero-order valence-corrected chi connectivity index (χ0v) is 5.33. The van der Waals surface area contributed by atoms with E-state index in [-0.39, 0.29) is 0 Å². The Bertz CT molecular complexity index is 143. The molecule has 1 radical (unpaired) electrons. The zero-order valence-electron chi connectivity index (χ0n) is 5.33. The lowest BCUT2D eigenvalue weighted by Gasteiger charge is -2.07. The van der Waals surface area contributed by atoms with E-state index in [1.807, 2.05) is 18.7 Å². The summed E-state index contributed by atoms with van der Waals surface area (Å²) in [5, 5.41) is 0. The molecular formula is C8H10N. The average Bonchev–Trinajstić information content (AvgIpc) is 1.91. The monoisotopic (exact) mass is 120 g/mol. The number of nitrogens with zero attached hydrogens (tertiary/aromatic N) is 1. The molecule has 0 aromatic rings. The Morgan fingerprint density at radius 1 is 1.67 bits per heavy atom. The van der Waals surface area contributed by atoms with Crippen LogP contribution in [0.5, 0.6) is 0 Å². The topological polar surface area (TPSA) is 12.4 Å². The van der Waals surface area contributed by atoms with Crippen molar-refractivity contribution in [2.45, 2.75) is 12.5 Å². The van der Waals surface area contributed by atoms with Gasteiger partial charge in [-0.3, -0.25) is 4.99 Å². The fraction of sp³-hybridized carbons (Fsp3) is 0.250. The van der Waals surface area contributed by atoms with Crippen molar-refractivity contribution in [3.8, 4) is 0 Å². The van der Waals surface area contributed by atoms with Crippen molar-refractivity contribution >= 4 is 6.21 Å². The normalized spacial score (nSPS) is 24.2. The molecule has 0 N–H and O–H groups in total. The van der Waals surface area contributed by atoms with Crippen LogP contribution in [0.25, 0.3) is 0 Å². The standard InChI is InChI=1S/C8H10N/c1-2-5-8-6-3-4-7-9-8/h2-5,7-8H,1,6H2. The predicted octanol–water partition coefficient (Wildman–Crippen LogP) is 1.78. The second kappa shape index (κ2) is 3.23. The van der Waals surface area contributed by atoms with Crippen molar-refractivity contribution in [3.63, 3.8) is 0 Å². The van der Waals surface area contributed by atoms with Gasteiger partial charge in [-0.05, 0) is 12.5 Å². The fourth-order valence-corrected chi connectivity index (χ4v) is 0.785. The second-order valence-corrected chi connectivity index (χ2v) is 1.96. The Morgan fingerprint density at radius 2 is 2.56 bits per heavy atom. The highest BCUT2D eigenvalue weighted by Crippen LogP contribution is 2.06. The summed E-state index contributed by atoms with van der Waals surface area (Å²) < 4.78 is 0. The van der Waals surface area contributed by atoms with Crippen molar-refractivity contribution in [3.05, 3.63) is 31.2 Å². The minimum atomic E-state index is 0.340. The van der Waals surface area contributed by atoms with Crippen LogP contribution in [0.3, 0.4) is 0 Å². The summed E-state index contributed by atoms with van der Waals surface area (Å²) in [6.07, 6.45) is 10.7. The van der Waals surface area contributed by atoms with Gasteiger partial charge < -0.3 is 0 Å². The van der Waals surface area contributed by atoms with Crippen LogP contribution in [0.4, 0.5) is 0 Å². The van der Waals surface area contributed by atoms with E-state index in [1.54, 1.807) is 6.08 Å². The molecule has 0 fully saturated rings. The second-order valence-electron chi connectivity index (χ2n) is 1.96. The Hall–Kier alpha value is -0.850. The van der Waals surface area contributed by atoms with Crippen LogP contribution in [-0.2, 0) is 0 Å². The molecule has 0 saturated carbocycles. The minimum Gasteiger partial charge on any atom is -0.289 e. The van der Waals surface area contributed by atoms with E-state index in [1.165, 1.54) is 0 Å². The summed E-state index contributed by atoms with van der Waals surface area (Å²) in [7, 11) is 0. The van der Waals surface area contributed by atoms with E-state index >= 15 is 0 Å². The van der Waals surface area contributed by atoms with Crippen LogP contribution in [-0.4, -0.2) is 12.3 Å². The van der Waals surface area contributed by atoms with Gasteiger partial charge in [0.25, 0.3) is 0 Å². The number of hydrogen-bond acceptors (Lipinski definition) is 1. The van der Waals surface area contributed by atoms with Gasteiger partial charge >= 0.3 is 0 Å². The summed E-state index contributed by atoms with van der Waals surface area (Å²) >= 11 is 0. The number of rotatable bonds is 2. The number of aliphatic imine (C=N–C) groups is 1. The number of dihydropyridines is 1. The SMILES string of the molecule is C=C[CH]C1CC=CC=N1. The molecular weight excluding hydrogens is 110 g/mol. The van der Waals surface area contributed by atoms with Crippen molar-refractivity contribution < 1.29 is 0 Å². The average molecular weight is 120 g/mol. The van der Waals surface area contributed by atoms with Gasteiger partial charge in [0.05, 0.1) is 6.04 Å². The summed E-state index contributed by atoms with van der Waals surface area (Å²) in [4.78, 5) is 4.18. The highest BCUT2D eigenvalue weighted by atomic mass is 14.8. The lowest BCUT2D eigenvalue weighted by molar-refractivity contribution is 0.796. The third-order valence-corrected chi connectivity index (χ3v) is 1.24. The van der Waals surface area contributed by atoms with Crippen LogP contribution >= 0.6 is 0 Å². The van der Waals surface area contributed by atoms with Gasteiger partial charge in [-0.25, -0.2) is 0 Å². The van der Waals surface area contributed by atoms with E-state index in [0.29, 0.717) is 6.04 Å². The zero-order chi connectivity index (χ0) is 6.53. The van der Waals surface area contributed by atoms with Gasteiger partial charge in [-0.15, -0.1) is 6.58 Å². The van der Waals surface area contributed by atoms with Crippen molar-refractivity contribution in [2.24, 2.45) is 4.99 Å². The highest BCUT2D eigenvalue weighted by Gasteiger charge is 2.01. The molecule has 1 heterocycles. The third kappa shape index (κ3) is 1.84. The maximum Gasteiger partial charge on any atom is 0.0602 e. The number of allylic oxidation sites excluding steroid dienone is 1. The van der Waals surface area contributed by atoms with Crippen LogP contribution in [0, 0.1) is 6.42 Å². The fourth-order valence-electron chi connectivity index (χ4n) is 0.785. The van der Waals surface area contributed by atoms with E-state index in [9.17, 15) is 0 Å². The van der Waals surface area contributed by atoms with Gasteiger partial charge in [0.2, 0.25) is 0 Å². The molecule has 0 aromatic heterocycles. The summed E-state index contributed by atoms with van der Waals surface area (Å²) in [5.74, 6) is 0. The van der Waals surface area contributed by atoms with Gasteiger partial charge in [0, 0.05) is 12.6 Å². The lowest BCUT2D eigenvalue weighted by atomic mass is 10.1. The van der Waals surface area contributed by atoms with Crippen LogP contribution in [0.15, 0.2) is 29.8 Å². The Kier molecular flexibility index (Phi) is 2.25. The molecule has 1 nitrogen and oxygen atoms in total. The van der Waals surface area contributed by atoms with Crippen molar-refractivity contribution in [1.29, 1.82) is 0 Å². The maximum atomic E-state index is 4.18. The minimum absolute atomic E-state index is 0.340. The maximum absolute atomic E-state index is 4.18. The molecule has 1 heteroatoms. The van der Waals surface area contributed by atoms with Crippen molar-refractivity contribution in [2.75, 3.05) is 0 Å². The molecule has 1 atom stereocenters. The predicted molar refractivity (Wildman–Crippen MR) is 40.5 cm³/mol. The molecule has 0 spiro atoms. The molecule has 1 unspecified atom stereocenters. The summed E-state index contributed by atoms with van der Waals surface area (Å²) in [5.41, 5.74) is 0.